The molecule has 0 bridgehead atoms. The van der Waals surface area contributed by atoms with Crippen LogP contribution in [0.5, 0.6) is 0 Å². The number of carbonyl (C=O) groups is 1. The molecule has 1 fully saturated rings. The number of anilines is 1. The number of carbonyl (C=O) groups excluding carboxylic acids is 1. The molecule has 7 nitrogen and oxygen atoms in total. The van der Waals surface area contributed by atoms with Crippen LogP contribution >= 0.6 is 0 Å². The van der Waals surface area contributed by atoms with Crippen molar-refractivity contribution in [3.05, 3.63) is 40.7 Å². The first-order chi connectivity index (χ1) is 13.0. The summed E-state index contributed by atoms with van der Waals surface area (Å²) in [6.45, 7) is 6.06. The van der Waals surface area contributed by atoms with E-state index in [1.165, 1.54) is 12.8 Å². The lowest BCUT2D eigenvalue weighted by molar-refractivity contribution is 0.0696. The molecule has 4 rings (SSSR count). The summed E-state index contributed by atoms with van der Waals surface area (Å²) in [4.78, 5) is 28.3. The lowest BCUT2D eigenvalue weighted by Gasteiger charge is -2.30. The number of likely N-dealkylation sites (tertiary alicyclic amines) is 1. The number of hydrogen-bond acceptors (Lipinski definition) is 6. The van der Waals surface area contributed by atoms with Crippen LogP contribution in [0.15, 0.2) is 16.5 Å². The van der Waals surface area contributed by atoms with Crippen LogP contribution in [0.2, 0.25) is 0 Å². The highest BCUT2D eigenvalue weighted by atomic mass is 16.4. The summed E-state index contributed by atoms with van der Waals surface area (Å²) < 4.78 is 5.86. The number of amides is 1. The lowest BCUT2D eigenvalue weighted by Crippen LogP contribution is -2.37. The topological polar surface area (TPSA) is 65.7 Å². The van der Waals surface area contributed by atoms with Crippen LogP contribution in [-0.4, -0.2) is 59.4 Å². The molecule has 2 aliphatic rings. The minimum absolute atomic E-state index is 0.0593. The highest BCUT2D eigenvalue weighted by Crippen LogP contribution is 2.26. The molecule has 0 aliphatic carbocycles. The molecule has 1 saturated heterocycles. The van der Waals surface area contributed by atoms with Crippen LogP contribution in [0.25, 0.3) is 0 Å². The average molecular weight is 369 g/mol. The molecule has 2 aromatic rings. The molecule has 0 spiro atoms. The number of furan rings is 1. The van der Waals surface area contributed by atoms with Gasteiger partial charge in [-0.2, -0.15) is 0 Å². The van der Waals surface area contributed by atoms with Gasteiger partial charge in [-0.3, -0.25) is 9.69 Å². The summed E-state index contributed by atoms with van der Waals surface area (Å²) in [5, 5.41) is 0. The maximum Gasteiger partial charge on any atom is 0.289 e. The Balaban J connectivity index is 1.49. The van der Waals surface area contributed by atoms with Gasteiger partial charge in [-0.25, -0.2) is 9.97 Å². The zero-order valence-corrected chi connectivity index (χ0v) is 16.4. The number of aryl methyl sites for hydroxylation is 1. The average Bonchev–Trinajstić information content (AvgIpc) is 3.32. The summed E-state index contributed by atoms with van der Waals surface area (Å²) in [5.74, 6) is 2.92. The SMILES string of the molecule is Cc1nc2c(c(N(C)C)n1)CCN(C(=O)c1ccc(CN3CCCC3)o1)C2. The molecule has 0 atom stereocenters. The molecular weight excluding hydrogens is 342 g/mol. The van der Waals surface area contributed by atoms with Gasteiger partial charge in [0.2, 0.25) is 0 Å². The summed E-state index contributed by atoms with van der Waals surface area (Å²) >= 11 is 0. The highest BCUT2D eigenvalue weighted by Gasteiger charge is 2.28. The van der Waals surface area contributed by atoms with Gasteiger partial charge in [-0.05, 0) is 51.4 Å². The van der Waals surface area contributed by atoms with Crippen molar-refractivity contribution in [2.75, 3.05) is 38.6 Å². The molecule has 4 heterocycles. The van der Waals surface area contributed by atoms with Crippen molar-refractivity contribution in [2.45, 2.75) is 39.3 Å². The fourth-order valence-corrected chi connectivity index (χ4v) is 3.97. The van der Waals surface area contributed by atoms with Crippen LogP contribution in [0.3, 0.4) is 0 Å². The van der Waals surface area contributed by atoms with Crippen molar-refractivity contribution in [3.8, 4) is 0 Å². The second-order valence-corrected chi connectivity index (χ2v) is 7.64. The molecule has 0 unspecified atom stereocenters. The Morgan fingerprint density at radius 2 is 1.96 bits per heavy atom. The van der Waals surface area contributed by atoms with E-state index in [-0.39, 0.29) is 5.91 Å². The van der Waals surface area contributed by atoms with Crippen molar-refractivity contribution < 1.29 is 9.21 Å². The minimum atomic E-state index is -0.0593. The highest BCUT2D eigenvalue weighted by molar-refractivity contribution is 5.91. The smallest absolute Gasteiger partial charge is 0.289 e. The van der Waals surface area contributed by atoms with Gasteiger partial charge in [-0.15, -0.1) is 0 Å². The molecule has 1 amide bonds. The number of nitrogens with zero attached hydrogens (tertiary/aromatic N) is 5. The van der Waals surface area contributed by atoms with Crippen molar-refractivity contribution in [1.82, 2.24) is 19.8 Å². The molecular formula is C20H27N5O2. The second kappa shape index (κ2) is 7.31. The van der Waals surface area contributed by atoms with Crippen molar-refractivity contribution in [1.29, 1.82) is 0 Å². The van der Waals surface area contributed by atoms with Crippen molar-refractivity contribution in [2.24, 2.45) is 0 Å². The standard InChI is InChI=1S/C20H27N5O2/c1-14-21-17-13-25(11-8-16(17)19(22-14)23(2)3)20(26)18-7-6-15(27-18)12-24-9-4-5-10-24/h6-7H,4-5,8-13H2,1-3H3. The largest absolute Gasteiger partial charge is 0.455 e. The Bertz CT molecular complexity index is 839. The van der Waals surface area contributed by atoms with Crippen LogP contribution in [-0.2, 0) is 19.5 Å². The van der Waals surface area contributed by atoms with Crippen LogP contribution in [0.1, 0.15) is 46.2 Å². The van der Waals surface area contributed by atoms with E-state index in [1.807, 2.05) is 36.9 Å². The van der Waals surface area contributed by atoms with E-state index in [2.05, 4.69) is 14.9 Å². The maximum absolute atomic E-state index is 12.9. The normalized spacial score (nSPS) is 17.2. The molecule has 7 heteroatoms. The fourth-order valence-electron chi connectivity index (χ4n) is 3.97. The molecule has 2 aromatic heterocycles. The Morgan fingerprint density at radius 3 is 2.70 bits per heavy atom. The maximum atomic E-state index is 12.9. The fraction of sp³-hybridized carbons (Fsp3) is 0.550. The van der Waals surface area contributed by atoms with Gasteiger partial charge in [0.25, 0.3) is 5.91 Å². The molecule has 144 valence electrons. The summed E-state index contributed by atoms with van der Waals surface area (Å²) in [6, 6.07) is 3.74. The molecule has 0 radical (unpaired) electrons. The second-order valence-electron chi connectivity index (χ2n) is 7.64. The van der Waals surface area contributed by atoms with E-state index in [4.69, 9.17) is 4.42 Å². The van der Waals surface area contributed by atoms with Gasteiger partial charge in [-0.1, -0.05) is 0 Å². The van der Waals surface area contributed by atoms with E-state index in [0.29, 0.717) is 18.8 Å². The number of fused-ring (bicyclic) bond motifs is 1. The van der Waals surface area contributed by atoms with Crippen LogP contribution in [0, 0.1) is 6.92 Å². The Kier molecular flexibility index (Phi) is 4.86. The molecule has 2 aliphatic heterocycles. The van der Waals surface area contributed by atoms with Gasteiger partial charge in [0.05, 0.1) is 18.8 Å². The van der Waals surface area contributed by atoms with Gasteiger partial charge in [0.15, 0.2) is 5.76 Å². The Morgan fingerprint density at radius 1 is 1.19 bits per heavy atom. The van der Waals surface area contributed by atoms with Gasteiger partial charge < -0.3 is 14.2 Å². The van der Waals surface area contributed by atoms with Crippen LogP contribution in [0.4, 0.5) is 5.82 Å². The zero-order chi connectivity index (χ0) is 19.0. The minimum Gasteiger partial charge on any atom is -0.455 e. The number of hydrogen-bond donors (Lipinski definition) is 0. The molecule has 27 heavy (non-hydrogen) atoms. The first kappa shape index (κ1) is 18.0. The first-order valence-electron chi connectivity index (χ1n) is 9.65. The van der Waals surface area contributed by atoms with Gasteiger partial charge >= 0.3 is 0 Å². The van der Waals surface area contributed by atoms with E-state index < -0.39 is 0 Å². The predicted octanol–water partition coefficient (Wildman–Crippen LogP) is 2.24. The molecule has 0 saturated carbocycles. The summed E-state index contributed by atoms with van der Waals surface area (Å²) in [5.41, 5.74) is 2.08. The Hall–Kier alpha value is -2.41. The van der Waals surface area contributed by atoms with Crippen molar-refractivity contribution in [3.63, 3.8) is 0 Å². The van der Waals surface area contributed by atoms with Gasteiger partial charge in [0, 0.05) is 26.2 Å². The van der Waals surface area contributed by atoms with E-state index in [0.717, 1.165) is 54.7 Å². The Labute approximate surface area is 160 Å². The molecule has 0 N–H and O–H groups in total. The van der Waals surface area contributed by atoms with Crippen LogP contribution < -0.4 is 4.90 Å². The predicted molar refractivity (Wildman–Crippen MR) is 103 cm³/mol. The molecule has 0 aromatic carbocycles. The van der Waals surface area contributed by atoms with E-state index >= 15 is 0 Å². The van der Waals surface area contributed by atoms with Gasteiger partial charge in [0.1, 0.15) is 17.4 Å². The van der Waals surface area contributed by atoms with Crippen molar-refractivity contribution >= 4 is 11.7 Å². The zero-order valence-electron chi connectivity index (χ0n) is 16.4. The summed E-state index contributed by atoms with van der Waals surface area (Å²) in [7, 11) is 3.98. The lowest BCUT2D eigenvalue weighted by atomic mass is 10.0. The van der Waals surface area contributed by atoms with E-state index in [1.54, 1.807) is 6.07 Å². The first-order valence-corrected chi connectivity index (χ1v) is 9.65. The number of rotatable bonds is 4. The van der Waals surface area contributed by atoms with E-state index in [9.17, 15) is 4.79 Å². The monoisotopic (exact) mass is 369 g/mol. The summed E-state index contributed by atoms with van der Waals surface area (Å²) in [6.07, 6.45) is 3.25. The third kappa shape index (κ3) is 3.69. The third-order valence-corrected chi connectivity index (χ3v) is 5.32. The third-order valence-electron chi connectivity index (χ3n) is 5.32. The number of aromatic nitrogens is 2. The quantitative estimate of drug-likeness (QED) is 0.823.